The number of hydrogen-bond donors (Lipinski definition) is 2. The Morgan fingerprint density at radius 1 is 1.33 bits per heavy atom. The van der Waals surface area contributed by atoms with Crippen molar-refractivity contribution < 1.29 is 14.7 Å². The lowest BCUT2D eigenvalue weighted by molar-refractivity contribution is 0.160. The van der Waals surface area contributed by atoms with Crippen molar-refractivity contribution in [1.29, 1.82) is 0 Å². The third-order valence-corrected chi connectivity index (χ3v) is 3.00. The Bertz CT molecular complexity index is 355. The van der Waals surface area contributed by atoms with Crippen molar-refractivity contribution in [1.82, 2.24) is 5.48 Å². The number of methoxy groups -OCH3 is 2. The summed E-state index contributed by atoms with van der Waals surface area (Å²) in [5.74, 6) is 1.32. The normalized spacial score (nSPS) is 10.2. The molecule has 0 aliphatic heterocycles. The van der Waals surface area contributed by atoms with Gasteiger partial charge < -0.3 is 14.7 Å². The first-order valence-corrected chi connectivity index (χ1v) is 5.21. The predicted octanol–water partition coefficient (Wildman–Crippen LogP) is 2.25. The zero-order chi connectivity index (χ0) is 11.4. The fourth-order valence-corrected chi connectivity index (χ4v) is 1.89. The van der Waals surface area contributed by atoms with Gasteiger partial charge in [-0.15, -0.1) is 0 Å². The highest BCUT2D eigenvalue weighted by atomic mass is 79.9. The number of hydrogen-bond acceptors (Lipinski definition) is 4. The zero-order valence-corrected chi connectivity index (χ0v) is 10.5. The van der Waals surface area contributed by atoms with Gasteiger partial charge in [0.2, 0.25) is 0 Å². The van der Waals surface area contributed by atoms with Crippen molar-refractivity contribution in [3.8, 4) is 11.5 Å². The Balaban J connectivity index is 3.33. The molecule has 84 valence electrons. The summed E-state index contributed by atoms with van der Waals surface area (Å²) in [5.41, 5.74) is 3.90. The second-order valence-corrected chi connectivity index (χ2v) is 3.90. The standard InChI is InChI=1S/C10H14BrNO3/c1-6-8(11)4-7(5-12-13)10(15-3)9(6)14-2/h4,12-13H,5H2,1-3H3. The highest BCUT2D eigenvalue weighted by Gasteiger charge is 2.15. The molecule has 2 N–H and O–H groups in total. The zero-order valence-electron chi connectivity index (χ0n) is 8.93. The number of benzene rings is 1. The molecule has 1 rings (SSSR count). The Morgan fingerprint density at radius 3 is 2.40 bits per heavy atom. The minimum Gasteiger partial charge on any atom is -0.493 e. The Hall–Kier alpha value is -0.780. The molecule has 0 aromatic heterocycles. The van der Waals surface area contributed by atoms with Gasteiger partial charge in [0.15, 0.2) is 11.5 Å². The van der Waals surface area contributed by atoms with E-state index in [4.69, 9.17) is 14.7 Å². The van der Waals surface area contributed by atoms with Gasteiger partial charge in [0.05, 0.1) is 14.2 Å². The van der Waals surface area contributed by atoms with Crippen LogP contribution in [0.3, 0.4) is 0 Å². The first-order valence-electron chi connectivity index (χ1n) is 4.42. The van der Waals surface area contributed by atoms with Crippen molar-refractivity contribution >= 4 is 15.9 Å². The molecule has 1 aromatic carbocycles. The molecule has 1 aromatic rings. The SMILES string of the molecule is COc1c(CNO)cc(Br)c(C)c1OC. The fourth-order valence-electron chi connectivity index (χ4n) is 1.44. The van der Waals surface area contributed by atoms with E-state index in [0.29, 0.717) is 18.0 Å². The summed E-state index contributed by atoms with van der Waals surface area (Å²) in [6, 6.07) is 1.89. The minimum atomic E-state index is 0.304. The van der Waals surface area contributed by atoms with E-state index < -0.39 is 0 Å². The van der Waals surface area contributed by atoms with E-state index in [1.165, 1.54) is 0 Å². The summed E-state index contributed by atoms with van der Waals surface area (Å²) in [7, 11) is 3.17. The number of hydroxylamine groups is 1. The molecule has 0 atom stereocenters. The molecule has 0 spiro atoms. The van der Waals surface area contributed by atoms with Crippen LogP contribution in [0.25, 0.3) is 0 Å². The van der Waals surface area contributed by atoms with Crippen LogP contribution in [0.15, 0.2) is 10.5 Å². The highest BCUT2D eigenvalue weighted by molar-refractivity contribution is 9.10. The Labute approximate surface area is 97.3 Å². The van der Waals surface area contributed by atoms with E-state index in [9.17, 15) is 0 Å². The highest BCUT2D eigenvalue weighted by Crippen LogP contribution is 2.38. The van der Waals surface area contributed by atoms with Gasteiger partial charge in [-0.1, -0.05) is 15.9 Å². The molecule has 15 heavy (non-hydrogen) atoms. The topological polar surface area (TPSA) is 50.7 Å². The van der Waals surface area contributed by atoms with Crippen LogP contribution < -0.4 is 15.0 Å². The molecule has 0 fully saturated rings. The van der Waals surface area contributed by atoms with Crippen LogP contribution in [0.5, 0.6) is 11.5 Å². The predicted molar refractivity (Wildman–Crippen MR) is 60.6 cm³/mol. The quantitative estimate of drug-likeness (QED) is 0.828. The Kier molecular flexibility index (Phi) is 4.38. The van der Waals surface area contributed by atoms with Gasteiger partial charge in [-0.2, -0.15) is 0 Å². The molecule has 0 unspecified atom stereocenters. The van der Waals surface area contributed by atoms with E-state index in [0.717, 1.165) is 15.6 Å². The summed E-state index contributed by atoms with van der Waals surface area (Å²) in [6.45, 7) is 2.24. The average Bonchev–Trinajstić information content (AvgIpc) is 2.23. The molecular weight excluding hydrogens is 262 g/mol. The van der Waals surface area contributed by atoms with E-state index in [1.807, 2.05) is 13.0 Å². The number of rotatable bonds is 4. The average molecular weight is 276 g/mol. The summed E-state index contributed by atoms with van der Waals surface area (Å²) in [6.07, 6.45) is 0. The van der Waals surface area contributed by atoms with Crippen LogP contribution in [0.4, 0.5) is 0 Å². The number of nitrogens with one attached hydrogen (secondary N) is 1. The van der Waals surface area contributed by atoms with Gasteiger partial charge in [0, 0.05) is 22.1 Å². The third kappa shape index (κ3) is 2.42. The molecule has 0 aliphatic rings. The lowest BCUT2D eigenvalue weighted by atomic mass is 10.1. The molecule has 4 nitrogen and oxygen atoms in total. The van der Waals surface area contributed by atoms with Gasteiger partial charge in [-0.25, -0.2) is 5.48 Å². The van der Waals surface area contributed by atoms with Crippen molar-refractivity contribution in [2.24, 2.45) is 0 Å². The van der Waals surface area contributed by atoms with Crippen LogP contribution in [-0.4, -0.2) is 19.4 Å². The van der Waals surface area contributed by atoms with Gasteiger partial charge in [0.1, 0.15) is 0 Å². The second-order valence-electron chi connectivity index (χ2n) is 3.04. The van der Waals surface area contributed by atoms with Crippen LogP contribution in [0.1, 0.15) is 11.1 Å². The van der Waals surface area contributed by atoms with Crippen LogP contribution in [-0.2, 0) is 6.54 Å². The molecule has 0 saturated carbocycles. The van der Waals surface area contributed by atoms with Crippen LogP contribution in [0, 0.1) is 6.92 Å². The monoisotopic (exact) mass is 275 g/mol. The fraction of sp³-hybridized carbons (Fsp3) is 0.400. The maximum Gasteiger partial charge on any atom is 0.165 e. The lowest BCUT2D eigenvalue weighted by Gasteiger charge is -2.15. The molecular formula is C10H14BrNO3. The van der Waals surface area contributed by atoms with E-state index in [2.05, 4.69) is 21.4 Å². The van der Waals surface area contributed by atoms with Crippen molar-refractivity contribution in [2.45, 2.75) is 13.5 Å². The number of halogens is 1. The van der Waals surface area contributed by atoms with Crippen molar-refractivity contribution in [2.75, 3.05) is 14.2 Å². The molecule has 0 saturated heterocycles. The molecule has 0 radical (unpaired) electrons. The largest absolute Gasteiger partial charge is 0.493 e. The molecule has 0 bridgehead atoms. The second kappa shape index (κ2) is 5.34. The first kappa shape index (κ1) is 12.3. The lowest BCUT2D eigenvalue weighted by Crippen LogP contribution is -2.09. The molecule has 0 amide bonds. The third-order valence-electron chi connectivity index (χ3n) is 2.18. The molecule has 0 aliphatic carbocycles. The Morgan fingerprint density at radius 2 is 1.93 bits per heavy atom. The van der Waals surface area contributed by atoms with Crippen molar-refractivity contribution in [3.05, 3.63) is 21.7 Å². The summed E-state index contributed by atoms with van der Waals surface area (Å²) in [4.78, 5) is 0. The van der Waals surface area contributed by atoms with Gasteiger partial charge in [0.25, 0.3) is 0 Å². The van der Waals surface area contributed by atoms with Crippen LogP contribution in [0.2, 0.25) is 0 Å². The van der Waals surface area contributed by atoms with E-state index in [-0.39, 0.29) is 0 Å². The number of ether oxygens (including phenoxy) is 2. The molecule has 5 heteroatoms. The molecule has 0 heterocycles. The maximum atomic E-state index is 8.70. The minimum absolute atomic E-state index is 0.304. The summed E-state index contributed by atoms with van der Waals surface area (Å²) < 4.78 is 11.5. The maximum absolute atomic E-state index is 8.70. The summed E-state index contributed by atoms with van der Waals surface area (Å²) in [5, 5.41) is 8.70. The smallest absolute Gasteiger partial charge is 0.165 e. The summed E-state index contributed by atoms with van der Waals surface area (Å²) >= 11 is 3.43. The van der Waals surface area contributed by atoms with Gasteiger partial charge in [-0.3, -0.25) is 0 Å². The first-order chi connectivity index (χ1) is 7.15. The van der Waals surface area contributed by atoms with Crippen molar-refractivity contribution in [3.63, 3.8) is 0 Å². The van der Waals surface area contributed by atoms with Crippen LogP contribution >= 0.6 is 15.9 Å². The van der Waals surface area contributed by atoms with Gasteiger partial charge >= 0.3 is 0 Å². The van der Waals surface area contributed by atoms with Gasteiger partial charge in [-0.05, 0) is 13.0 Å². The van der Waals surface area contributed by atoms with E-state index in [1.54, 1.807) is 14.2 Å². The van der Waals surface area contributed by atoms with E-state index >= 15 is 0 Å².